The Kier molecular flexibility index (Phi) is 7.70. The first-order valence-corrected chi connectivity index (χ1v) is 15.4. The van der Waals surface area contributed by atoms with Crippen molar-refractivity contribution in [2.24, 2.45) is 7.05 Å². The maximum atomic E-state index is 12.8. The summed E-state index contributed by atoms with van der Waals surface area (Å²) in [5.74, 6) is 1.03. The number of pyridine rings is 3. The Balaban J connectivity index is 1.14. The van der Waals surface area contributed by atoms with Gasteiger partial charge in [-0.1, -0.05) is 0 Å². The number of aryl methyl sites for hydroxylation is 2. The molecule has 0 saturated carbocycles. The number of fused-ring (bicyclic) bond motifs is 2. The summed E-state index contributed by atoms with van der Waals surface area (Å²) < 4.78 is 7.18. The second kappa shape index (κ2) is 11.3. The fourth-order valence-electron chi connectivity index (χ4n) is 6.81. The topological polar surface area (TPSA) is 90.3 Å². The van der Waals surface area contributed by atoms with E-state index >= 15 is 0 Å². The second-order valence-corrected chi connectivity index (χ2v) is 13.2. The molecule has 0 N–H and O–H groups in total. The van der Waals surface area contributed by atoms with E-state index in [9.17, 15) is 9.59 Å². The third kappa shape index (κ3) is 5.87. The number of hydrogen-bond acceptors (Lipinski definition) is 9. The van der Waals surface area contributed by atoms with Crippen molar-refractivity contribution in [3.05, 3.63) is 52.6 Å². The summed E-state index contributed by atoms with van der Waals surface area (Å²) in [6, 6.07) is 8.69. The fourth-order valence-corrected chi connectivity index (χ4v) is 6.81. The van der Waals surface area contributed by atoms with Crippen molar-refractivity contribution in [2.45, 2.75) is 52.3 Å². The molecule has 0 bridgehead atoms. The van der Waals surface area contributed by atoms with E-state index in [1.807, 2.05) is 33.0 Å². The van der Waals surface area contributed by atoms with E-state index in [1.54, 1.807) is 28.8 Å². The SMILES string of the molecule is Cc1cc(N2CCN(C(=O)OC(C)(C)C)CC2)cnc1N1CCN2[C@@H](C1)CN(c1cc(=O)n(C)c3ncccc13)C[C@H]2C. The standard InChI is InChI=1S/C32H44N8O3/c1-22-16-24(36-10-12-37(13-11-36)31(42)43-32(3,4)5)18-34-29(22)38-14-15-40-23(2)19-39(21-25(40)20-38)27-17-28(41)35(6)30-26(27)8-7-9-33-30/h7-9,16-18,23,25H,10-15,19-21H2,1-6H3/t23-,25+/m1/s1. The molecule has 43 heavy (non-hydrogen) atoms. The van der Waals surface area contributed by atoms with Gasteiger partial charge in [-0.25, -0.2) is 14.8 Å². The Labute approximate surface area is 253 Å². The van der Waals surface area contributed by atoms with Crippen LogP contribution in [-0.2, 0) is 11.8 Å². The van der Waals surface area contributed by atoms with Crippen LogP contribution in [0.5, 0.6) is 0 Å². The number of anilines is 3. The first-order valence-electron chi connectivity index (χ1n) is 15.4. The molecule has 3 aromatic heterocycles. The molecule has 0 spiro atoms. The molecule has 2 atom stereocenters. The molecule has 3 aliphatic rings. The van der Waals surface area contributed by atoms with Gasteiger partial charge in [0.25, 0.3) is 5.56 Å². The van der Waals surface area contributed by atoms with Gasteiger partial charge in [0, 0.05) is 95.7 Å². The number of ether oxygens (including phenoxy) is 1. The Bertz CT molecular complexity index is 1560. The van der Waals surface area contributed by atoms with E-state index in [0.29, 0.717) is 25.2 Å². The lowest BCUT2D eigenvalue weighted by Crippen LogP contribution is -2.65. The molecule has 0 aromatic carbocycles. The van der Waals surface area contributed by atoms with E-state index in [2.05, 4.69) is 50.6 Å². The first-order chi connectivity index (χ1) is 20.5. The number of aromatic nitrogens is 3. The summed E-state index contributed by atoms with van der Waals surface area (Å²) in [7, 11) is 1.78. The van der Waals surface area contributed by atoms with Gasteiger partial charge in [-0.05, 0) is 58.4 Å². The summed E-state index contributed by atoms with van der Waals surface area (Å²) >= 11 is 0. The number of hydrogen-bond donors (Lipinski definition) is 0. The minimum atomic E-state index is -0.489. The lowest BCUT2D eigenvalue weighted by Gasteiger charge is -2.51. The molecule has 3 fully saturated rings. The van der Waals surface area contributed by atoms with Crippen molar-refractivity contribution in [1.29, 1.82) is 0 Å². The highest BCUT2D eigenvalue weighted by Crippen LogP contribution is 2.31. The predicted octanol–water partition coefficient (Wildman–Crippen LogP) is 3.09. The molecule has 11 heteroatoms. The van der Waals surface area contributed by atoms with E-state index in [-0.39, 0.29) is 11.7 Å². The Morgan fingerprint density at radius 2 is 1.67 bits per heavy atom. The Hall–Kier alpha value is -3.86. The minimum absolute atomic E-state index is 0.0345. The third-order valence-corrected chi connectivity index (χ3v) is 8.95. The zero-order valence-electron chi connectivity index (χ0n) is 26.3. The van der Waals surface area contributed by atoms with Crippen LogP contribution < -0.4 is 20.3 Å². The van der Waals surface area contributed by atoms with Crippen LogP contribution in [0.2, 0.25) is 0 Å². The van der Waals surface area contributed by atoms with Gasteiger partial charge in [-0.2, -0.15) is 0 Å². The fraction of sp³-hybridized carbons (Fsp3) is 0.562. The summed E-state index contributed by atoms with van der Waals surface area (Å²) in [4.78, 5) is 46.3. The largest absolute Gasteiger partial charge is 0.444 e. The van der Waals surface area contributed by atoms with E-state index in [4.69, 9.17) is 9.72 Å². The van der Waals surface area contributed by atoms with Crippen molar-refractivity contribution in [3.8, 4) is 0 Å². The Morgan fingerprint density at radius 3 is 2.40 bits per heavy atom. The van der Waals surface area contributed by atoms with E-state index < -0.39 is 5.60 Å². The highest BCUT2D eigenvalue weighted by Gasteiger charge is 2.37. The summed E-state index contributed by atoms with van der Waals surface area (Å²) in [5.41, 5.74) is 3.41. The minimum Gasteiger partial charge on any atom is -0.444 e. The van der Waals surface area contributed by atoms with Gasteiger partial charge in [-0.3, -0.25) is 14.3 Å². The van der Waals surface area contributed by atoms with Crippen molar-refractivity contribution >= 4 is 34.3 Å². The average molecular weight is 589 g/mol. The first kappa shape index (κ1) is 29.2. The van der Waals surface area contributed by atoms with Gasteiger partial charge in [0.2, 0.25) is 0 Å². The van der Waals surface area contributed by atoms with E-state index in [1.165, 1.54) is 0 Å². The summed E-state index contributed by atoms with van der Waals surface area (Å²) in [5, 5.41) is 1.01. The van der Waals surface area contributed by atoms with Crippen molar-refractivity contribution in [2.75, 3.05) is 73.6 Å². The van der Waals surface area contributed by atoms with Crippen LogP contribution in [0.3, 0.4) is 0 Å². The van der Waals surface area contributed by atoms with Crippen molar-refractivity contribution < 1.29 is 9.53 Å². The molecule has 3 saturated heterocycles. The number of carbonyl (C=O) groups is 1. The van der Waals surface area contributed by atoms with Gasteiger partial charge in [-0.15, -0.1) is 0 Å². The quantitative estimate of drug-likeness (QED) is 0.458. The van der Waals surface area contributed by atoms with Crippen LogP contribution >= 0.6 is 0 Å². The van der Waals surface area contributed by atoms with Gasteiger partial charge in [0.05, 0.1) is 17.6 Å². The van der Waals surface area contributed by atoms with Gasteiger partial charge >= 0.3 is 6.09 Å². The lowest BCUT2D eigenvalue weighted by atomic mass is 10.0. The maximum absolute atomic E-state index is 12.8. The molecule has 1 amide bonds. The number of piperazine rings is 3. The summed E-state index contributed by atoms with van der Waals surface area (Å²) in [6.45, 7) is 17.4. The maximum Gasteiger partial charge on any atom is 0.410 e. The molecule has 0 radical (unpaired) electrons. The molecule has 0 unspecified atom stereocenters. The van der Waals surface area contributed by atoms with E-state index in [0.717, 1.165) is 79.6 Å². The van der Waals surface area contributed by atoms with Gasteiger partial charge in [0.15, 0.2) is 0 Å². The Morgan fingerprint density at radius 1 is 0.953 bits per heavy atom. The third-order valence-electron chi connectivity index (χ3n) is 8.95. The average Bonchev–Trinajstić information content (AvgIpc) is 2.98. The zero-order chi connectivity index (χ0) is 30.5. The van der Waals surface area contributed by atoms with Crippen molar-refractivity contribution in [1.82, 2.24) is 24.3 Å². The molecular formula is C32H44N8O3. The smallest absolute Gasteiger partial charge is 0.410 e. The molecule has 230 valence electrons. The number of carbonyl (C=O) groups excluding carboxylic acids is 1. The van der Waals surface area contributed by atoms with Crippen LogP contribution in [0.15, 0.2) is 41.5 Å². The van der Waals surface area contributed by atoms with Crippen LogP contribution in [0.1, 0.15) is 33.3 Å². The van der Waals surface area contributed by atoms with Gasteiger partial charge < -0.3 is 24.3 Å². The molecule has 6 heterocycles. The molecule has 3 aliphatic heterocycles. The van der Waals surface area contributed by atoms with Gasteiger partial charge in [0.1, 0.15) is 17.1 Å². The molecule has 6 rings (SSSR count). The number of rotatable bonds is 3. The zero-order valence-corrected chi connectivity index (χ0v) is 26.3. The number of amides is 1. The molecule has 0 aliphatic carbocycles. The molecule has 11 nitrogen and oxygen atoms in total. The van der Waals surface area contributed by atoms with Crippen LogP contribution in [-0.4, -0.2) is 107 Å². The highest BCUT2D eigenvalue weighted by molar-refractivity contribution is 5.89. The monoisotopic (exact) mass is 588 g/mol. The normalized spacial score (nSPS) is 21.7. The second-order valence-electron chi connectivity index (χ2n) is 13.2. The molecule has 3 aromatic rings. The number of nitrogens with zero attached hydrogens (tertiary/aromatic N) is 8. The highest BCUT2D eigenvalue weighted by atomic mass is 16.6. The van der Waals surface area contributed by atoms with Crippen LogP contribution in [0.25, 0.3) is 11.0 Å². The van der Waals surface area contributed by atoms with Crippen molar-refractivity contribution in [3.63, 3.8) is 0 Å². The van der Waals surface area contributed by atoms with Crippen LogP contribution in [0.4, 0.5) is 22.0 Å². The summed E-state index contributed by atoms with van der Waals surface area (Å²) in [6.07, 6.45) is 3.48. The van der Waals surface area contributed by atoms with Crippen LogP contribution in [0, 0.1) is 6.92 Å². The molecular weight excluding hydrogens is 544 g/mol. The lowest BCUT2D eigenvalue weighted by molar-refractivity contribution is 0.0240. The predicted molar refractivity (Wildman–Crippen MR) is 170 cm³/mol.